The quantitative estimate of drug-likeness (QED) is 0.807. The van der Waals surface area contributed by atoms with Gasteiger partial charge in [-0.3, -0.25) is 4.79 Å². The molecule has 0 spiro atoms. The number of aliphatic carboxylic acids is 1. The number of aryl methyl sites for hydroxylation is 2. The van der Waals surface area contributed by atoms with E-state index in [4.69, 9.17) is 5.11 Å². The molecule has 1 aliphatic carbocycles. The SMILES string of the molecule is CCCC[C@H](NS(=O)(=O)c1ccc2c(c1)CCC2)C(=O)O. The Hall–Kier alpha value is -1.40. The van der Waals surface area contributed by atoms with Gasteiger partial charge in [0.25, 0.3) is 0 Å². The van der Waals surface area contributed by atoms with E-state index in [0.29, 0.717) is 12.8 Å². The van der Waals surface area contributed by atoms with Crippen LogP contribution in [0.5, 0.6) is 0 Å². The fourth-order valence-electron chi connectivity index (χ4n) is 2.61. The van der Waals surface area contributed by atoms with Gasteiger partial charge >= 0.3 is 5.97 Å². The summed E-state index contributed by atoms with van der Waals surface area (Å²) in [5.41, 5.74) is 2.24. The number of unbranched alkanes of at least 4 members (excludes halogenated alkanes) is 1. The second-order valence-corrected chi connectivity index (χ2v) is 7.15. The number of rotatable bonds is 7. The Bertz CT molecular complexity index is 625. The van der Waals surface area contributed by atoms with Crippen LogP contribution in [0.1, 0.15) is 43.7 Å². The summed E-state index contributed by atoms with van der Waals surface area (Å²) in [5.74, 6) is -1.13. The summed E-state index contributed by atoms with van der Waals surface area (Å²) >= 11 is 0. The number of carbonyl (C=O) groups is 1. The zero-order valence-corrected chi connectivity index (χ0v) is 12.9. The number of hydrogen-bond donors (Lipinski definition) is 2. The molecular formula is C15H21NO4S. The highest BCUT2D eigenvalue weighted by Crippen LogP contribution is 2.24. The van der Waals surface area contributed by atoms with Gasteiger partial charge in [-0.05, 0) is 48.9 Å². The van der Waals surface area contributed by atoms with Crippen LogP contribution in [-0.4, -0.2) is 25.5 Å². The van der Waals surface area contributed by atoms with Gasteiger partial charge in [-0.2, -0.15) is 4.72 Å². The van der Waals surface area contributed by atoms with Gasteiger partial charge in [0, 0.05) is 0 Å². The van der Waals surface area contributed by atoms with Gasteiger partial charge in [0.05, 0.1) is 4.90 Å². The first-order chi connectivity index (χ1) is 9.94. The molecule has 5 nitrogen and oxygen atoms in total. The summed E-state index contributed by atoms with van der Waals surface area (Å²) in [6.45, 7) is 1.94. The Morgan fingerprint density at radius 1 is 1.33 bits per heavy atom. The molecule has 0 bridgehead atoms. The Kier molecular flexibility index (Phi) is 5.00. The van der Waals surface area contributed by atoms with E-state index in [9.17, 15) is 13.2 Å². The number of carboxylic acids is 1. The molecule has 0 saturated carbocycles. The molecule has 0 amide bonds. The monoisotopic (exact) mass is 311 g/mol. The average Bonchev–Trinajstić information content (AvgIpc) is 2.90. The first-order valence-electron chi connectivity index (χ1n) is 7.31. The highest BCUT2D eigenvalue weighted by molar-refractivity contribution is 7.89. The molecule has 0 aromatic heterocycles. The minimum Gasteiger partial charge on any atom is -0.480 e. The Balaban J connectivity index is 2.18. The highest BCUT2D eigenvalue weighted by Gasteiger charge is 2.25. The predicted octanol–water partition coefficient (Wildman–Crippen LogP) is 2.10. The van der Waals surface area contributed by atoms with Crippen LogP contribution in [-0.2, 0) is 27.7 Å². The predicted molar refractivity (Wildman–Crippen MR) is 79.7 cm³/mol. The summed E-state index contributed by atoms with van der Waals surface area (Å²) in [7, 11) is -3.79. The van der Waals surface area contributed by atoms with Crippen molar-refractivity contribution in [1.82, 2.24) is 4.72 Å². The van der Waals surface area contributed by atoms with Crippen molar-refractivity contribution in [3.63, 3.8) is 0 Å². The van der Waals surface area contributed by atoms with E-state index in [-0.39, 0.29) is 4.90 Å². The Morgan fingerprint density at radius 3 is 2.71 bits per heavy atom. The van der Waals surface area contributed by atoms with Crippen LogP contribution < -0.4 is 4.72 Å². The lowest BCUT2D eigenvalue weighted by Gasteiger charge is -2.15. The van der Waals surface area contributed by atoms with Crippen LogP contribution in [0.2, 0.25) is 0 Å². The lowest BCUT2D eigenvalue weighted by atomic mass is 10.1. The Labute approximate surface area is 125 Å². The van der Waals surface area contributed by atoms with Crippen molar-refractivity contribution in [3.05, 3.63) is 29.3 Å². The van der Waals surface area contributed by atoms with Crippen LogP contribution >= 0.6 is 0 Å². The van der Waals surface area contributed by atoms with Crippen molar-refractivity contribution in [3.8, 4) is 0 Å². The van der Waals surface area contributed by atoms with Crippen molar-refractivity contribution >= 4 is 16.0 Å². The number of benzene rings is 1. The van der Waals surface area contributed by atoms with Gasteiger partial charge in [-0.25, -0.2) is 8.42 Å². The lowest BCUT2D eigenvalue weighted by Crippen LogP contribution is -2.40. The second kappa shape index (κ2) is 6.58. The van der Waals surface area contributed by atoms with Gasteiger partial charge in [-0.1, -0.05) is 25.8 Å². The van der Waals surface area contributed by atoms with E-state index < -0.39 is 22.0 Å². The maximum absolute atomic E-state index is 12.3. The molecule has 0 radical (unpaired) electrons. The molecule has 0 unspecified atom stereocenters. The Morgan fingerprint density at radius 2 is 2.05 bits per heavy atom. The molecular weight excluding hydrogens is 290 g/mol. The summed E-state index contributed by atoms with van der Waals surface area (Å²) in [6, 6.07) is 4.00. The summed E-state index contributed by atoms with van der Waals surface area (Å²) < 4.78 is 27.0. The maximum Gasteiger partial charge on any atom is 0.321 e. The summed E-state index contributed by atoms with van der Waals surface area (Å²) in [5, 5.41) is 9.14. The smallest absolute Gasteiger partial charge is 0.321 e. The molecule has 2 N–H and O–H groups in total. The topological polar surface area (TPSA) is 83.5 Å². The first kappa shape index (κ1) is 16.0. The van der Waals surface area contributed by atoms with Crippen molar-refractivity contribution in [2.24, 2.45) is 0 Å². The zero-order valence-electron chi connectivity index (χ0n) is 12.1. The second-order valence-electron chi connectivity index (χ2n) is 5.44. The molecule has 21 heavy (non-hydrogen) atoms. The number of fused-ring (bicyclic) bond motifs is 1. The standard InChI is InChI=1S/C15H21NO4S/c1-2-3-7-14(15(17)18)16-21(19,20)13-9-8-11-5-4-6-12(11)10-13/h8-10,14,16H,2-7H2,1H3,(H,17,18)/t14-/m0/s1. The molecule has 6 heteroatoms. The van der Waals surface area contributed by atoms with E-state index in [1.807, 2.05) is 13.0 Å². The normalized spacial score (nSPS) is 15.7. The van der Waals surface area contributed by atoms with Crippen LogP contribution in [0.25, 0.3) is 0 Å². The molecule has 0 heterocycles. The van der Waals surface area contributed by atoms with Gasteiger partial charge in [0.2, 0.25) is 10.0 Å². The van der Waals surface area contributed by atoms with E-state index in [0.717, 1.165) is 31.2 Å². The summed E-state index contributed by atoms with van der Waals surface area (Å²) in [4.78, 5) is 11.3. The van der Waals surface area contributed by atoms with Crippen molar-refractivity contribution in [1.29, 1.82) is 0 Å². The molecule has 0 aliphatic heterocycles. The van der Waals surface area contributed by atoms with Gasteiger partial charge in [-0.15, -0.1) is 0 Å². The number of carboxylic acid groups (broad SMARTS) is 1. The first-order valence-corrected chi connectivity index (χ1v) is 8.79. The number of nitrogens with one attached hydrogen (secondary N) is 1. The molecule has 0 saturated heterocycles. The van der Waals surface area contributed by atoms with Crippen LogP contribution in [0.3, 0.4) is 0 Å². The van der Waals surface area contributed by atoms with Crippen LogP contribution in [0.4, 0.5) is 0 Å². The van der Waals surface area contributed by atoms with Crippen molar-refractivity contribution < 1.29 is 18.3 Å². The number of hydrogen-bond acceptors (Lipinski definition) is 3. The average molecular weight is 311 g/mol. The van der Waals surface area contributed by atoms with E-state index in [1.165, 1.54) is 5.56 Å². The van der Waals surface area contributed by atoms with Gasteiger partial charge in [0.15, 0.2) is 0 Å². The molecule has 1 aliphatic rings. The largest absolute Gasteiger partial charge is 0.480 e. The third kappa shape index (κ3) is 3.83. The number of sulfonamides is 1. The van der Waals surface area contributed by atoms with Crippen molar-refractivity contribution in [2.45, 2.75) is 56.4 Å². The van der Waals surface area contributed by atoms with Gasteiger partial charge < -0.3 is 5.11 Å². The lowest BCUT2D eigenvalue weighted by molar-refractivity contribution is -0.139. The fraction of sp³-hybridized carbons (Fsp3) is 0.533. The molecule has 116 valence electrons. The molecule has 2 rings (SSSR count). The van der Waals surface area contributed by atoms with Crippen LogP contribution in [0.15, 0.2) is 23.1 Å². The molecule has 0 fully saturated rings. The molecule has 1 aromatic carbocycles. The van der Waals surface area contributed by atoms with E-state index in [1.54, 1.807) is 12.1 Å². The van der Waals surface area contributed by atoms with E-state index in [2.05, 4.69) is 4.72 Å². The van der Waals surface area contributed by atoms with Gasteiger partial charge in [0.1, 0.15) is 6.04 Å². The minimum absolute atomic E-state index is 0.158. The summed E-state index contributed by atoms with van der Waals surface area (Å²) in [6.07, 6.45) is 4.71. The third-order valence-electron chi connectivity index (χ3n) is 3.82. The third-order valence-corrected chi connectivity index (χ3v) is 5.29. The van der Waals surface area contributed by atoms with E-state index >= 15 is 0 Å². The zero-order chi connectivity index (χ0) is 15.5. The minimum atomic E-state index is -3.79. The van der Waals surface area contributed by atoms with Crippen LogP contribution in [0, 0.1) is 0 Å². The molecule has 1 atom stereocenters. The maximum atomic E-state index is 12.3. The highest BCUT2D eigenvalue weighted by atomic mass is 32.2. The fourth-order valence-corrected chi connectivity index (χ4v) is 3.89. The van der Waals surface area contributed by atoms with Crippen molar-refractivity contribution in [2.75, 3.05) is 0 Å². The molecule has 1 aromatic rings.